The molecule has 5 heteroatoms. The van der Waals surface area contributed by atoms with E-state index in [1.807, 2.05) is 6.92 Å². The van der Waals surface area contributed by atoms with Crippen molar-refractivity contribution in [2.75, 3.05) is 13.6 Å². The van der Waals surface area contributed by atoms with Crippen molar-refractivity contribution < 1.29 is 9.59 Å². The zero-order chi connectivity index (χ0) is 12.1. The lowest BCUT2D eigenvalue weighted by molar-refractivity contribution is -0.135. The first-order valence-electron chi connectivity index (χ1n) is 5.84. The number of nitrogens with zero attached hydrogens (tertiary/aromatic N) is 1. The lowest BCUT2D eigenvalue weighted by atomic mass is 10.1. The van der Waals surface area contributed by atoms with Gasteiger partial charge in [-0.25, -0.2) is 0 Å². The molecule has 0 heterocycles. The molecule has 1 atom stereocenters. The SMILES string of the molecule is CCCC(N)C(=O)N(C)CC(=O)NC1CC1. The maximum atomic E-state index is 11.7. The molecule has 0 saturated heterocycles. The number of carbonyl (C=O) groups excluding carboxylic acids is 2. The quantitative estimate of drug-likeness (QED) is 0.662. The fraction of sp³-hybridized carbons (Fsp3) is 0.818. The highest BCUT2D eigenvalue weighted by Crippen LogP contribution is 2.18. The van der Waals surface area contributed by atoms with Crippen LogP contribution >= 0.6 is 0 Å². The van der Waals surface area contributed by atoms with Crippen LogP contribution < -0.4 is 11.1 Å². The Balaban J connectivity index is 2.28. The summed E-state index contributed by atoms with van der Waals surface area (Å²) in [5, 5.41) is 2.84. The molecule has 0 bridgehead atoms. The first kappa shape index (κ1) is 13.0. The fourth-order valence-corrected chi connectivity index (χ4v) is 1.51. The zero-order valence-electron chi connectivity index (χ0n) is 10.0. The van der Waals surface area contributed by atoms with Crippen LogP contribution in [0.2, 0.25) is 0 Å². The largest absolute Gasteiger partial charge is 0.352 e. The van der Waals surface area contributed by atoms with Gasteiger partial charge >= 0.3 is 0 Å². The molecule has 2 amide bonds. The summed E-state index contributed by atoms with van der Waals surface area (Å²) in [5.74, 6) is -0.255. The lowest BCUT2D eigenvalue weighted by Crippen LogP contribution is -2.46. The van der Waals surface area contributed by atoms with Gasteiger partial charge in [0.15, 0.2) is 0 Å². The van der Waals surface area contributed by atoms with Gasteiger partial charge in [-0.05, 0) is 19.3 Å². The van der Waals surface area contributed by atoms with Crippen LogP contribution in [-0.2, 0) is 9.59 Å². The van der Waals surface area contributed by atoms with Crippen LogP contribution in [0.25, 0.3) is 0 Å². The van der Waals surface area contributed by atoms with Gasteiger partial charge in [-0.1, -0.05) is 13.3 Å². The number of likely N-dealkylation sites (N-methyl/N-ethyl adjacent to an activating group) is 1. The van der Waals surface area contributed by atoms with Gasteiger partial charge < -0.3 is 16.0 Å². The molecule has 1 saturated carbocycles. The Morgan fingerprint density at radius 3 is 2.62 bits per heavy atom. The van der Waals surface area contributed by atoms with E-state index in [2.05, 4.69) is 5.32 Å². The van der Waals surface area contributed by atoms with Gasteiger partial charge in [-0.2, -0.15) is 0 Å². The predicted octanol–water partition coefficient (Wildman–Crippen LogP) is -0.149. The van der Waals surface area contributed by atoms with Crippen molar-refractivity contribution in [2.45, 2.75) is 44.7 Å². The molecule has 0 aromatic rings. The van der Waals surface area contributed by atoms with Crippen LogP contribution in [0.15, 0.2) is 0 Å². The highest BCUT2D eigenvalue weighted by Gasteiger charge is 2.25. The van der Waals surface area contributed by atoms with Gasteiger partial charge in [0.05, 0.1) is 12.6 Å². The Kier molecular flexibility index (Phi) is 4.73. The molecule has 5 nitrogen and oxygen atoms in total. The van der Waals surface area contributed by atoms with Gasteiger partial charge in [-0.3, -0.25) is 9.59 Å². The number of nitrogens with two attached hydrogens (primary N) is 1. The Labute approximate surface area is 96.4 Å². The second-order valence-corrected chi connectivity index (χ2v) is 4.43. The average Bonchev–Trinajstić information content (AvgIpc) is 3.00. The number of rotatable bonds is 6. The Bertz CT molecular complexity index is 264. The second-order valence-electron chi connectivity index (χ2n) is 4.43. The number of hydrogen-bond donors (Lipinski definition) is 2. The van der Waals surface area contributed by atoms with Crippen molar-refractivity contribution in [3.05, 3.63) is 0 Å². The van der Waals surface area contributed by atoms with E-state index in [0.29, 0.717) is 12.5 Å². The smallest absolute Gasteiger partial charge is 0.239 e. The molecule has 0 aliphatic heterocycles. The van der Waals surface area contributed by atoms with Gasteiger partial charge in [0.1, 0.15) is 0 Å². The maximum absolute atomic E-state index is 11.7. The topological polar surface area (TPSA) is 75.4 Å². The maximum Gasteiger partial charge on any atom is 0.239 e. The van der Waals surface area contributed by atoms with E-state index in [1.54, 1.807) is 7.05 Å². The van der Waals surface area contributed by atoms with Crippen LogP contribution in [0, 0.1) is 0 Å². The van der Waals surface area contributed by atoms with E-state index in [0.717, 1.165) is 19.3 Å². The summed E-state index contributed by atoms with van der Waals surface area (Å²) >= 11 is 0. The highest BCUT2D eigenvalue weighted by molar-refractivity contribution is 5.87. The van der Waals surface area contributed by atoms with E-state index >= 15 is 0 Å². The van der Waals surface area contributed by atoms with Gasteiger partial charge in [0.25, 0.3) is 0 Å². The fourth-order valence-electron chi connectivity index (χ4n) is 1.51. The summed E-state index contributed by atoms with van der Waals surface area (Å²) in [6.07, 6.45) is 3.64. The third-order valence-electron chi connectivity index (χ3n) is 2.62. The molecule has 1 rings (SSSR count). The summed E-state index contributed by atoms with van der Waals surface area (Å²) in [6.45, 7) is 2.08. The zero-order valence-corrected chi connectivity index (χ0v) is 10.0. The average molecular weight is 227 g/mol. The molecule has 1 fully saturated rings. The molecule has 1 aliphatic rings. The third-order valence-corrected chi connectivity index (χ3v) is 2.62. The monoisotopic (exact) mass is 227 g/mol. The van der Waals surface area contributed by atoms with Crippen molar-refractivity contribution in [1.82, 2.24) is 10.2 Å². The first-order chi connectivity index (χ1) is 7.54. The minimum atomic E-state index is -0.483. The number of hydrogen-bond acceptors (Lipinski definition) is 3. The Morgan fingerprint density at radius 2 is 2.12 bits per heavy atom. The van der Waals surface area contributed by atoms with E-state index in [4.69, 9.17) is 5.73 Å². The van der Waals surface area contributed by atoms with Gasteiger partial charge in [0.2, 0.25) is 11.8 Å². The molecule has 16 heavy (non-hydrogen) atoms. The molecular formula is C11H21N3O2. The Morgan fingerprint density at radius 1 is 1.50 bits per heavy atom. The van der Waals surface area contributed by atoms with Crippen LogP contribution in [0.1, 0.15) is 32.6 Å². The summed E-state index contributed by atoms with van der Waals surface area (Å²) in [5.41, 5.74) is 5.70. The summed E-state index contributed by atoms with van der Waals surface area (Å²) in [4.78, 5) is 24.5. The van der Waals surface area contributed by atoms with Crippen molar-refractivity contribution in [2.24, 2.45) is 5.73 Å². The molecule has 1 unspecified atom stereocenters. The standard InChI is InChI=1S/C11H21N3O2/c1-3-4-9(12)11(16)14(2)7-10(15)13-8-5-6-8/h8-9H,3-7,12H2,1-2H3,(H,13,15). The van der Waals surface area contributed by atoms with E-state index < -0.39 is 6.04 Å². The third kappa shape index (κ3) is 4.18. The normalized spacial score (nSPS) is 16.7. The molecule has 0 radical (unpaired) electrons. The number of nitrogens with one attached hydrogen (secondary N) is 1. The lowest BCUT2D eigenvalue weighted by Gasteiger charge is -2.20. The van der Waals surface area contributed by atoms with Crippen LogP contribution in [0.4, 0.5) is 0 Å². The van der Waals surface area contributed by atoms with Gasteiger partial charge in [0, 0.05) is 13.1 Å². The van der Waals surface area contributed by atoms with Gasteiger partial charge in [-0.15, -0.1) is 0 Å². The molecule has 1 aliphatic carbocycles. The first-order valence-corrected chi connectivity index (χ1v) is 5.84. The van der Waals surface area contributed by atoms with E-state index in [-0.39, 0.29) is 18.4 Å². The van der Waals surface area contributed by atoms with Crippen molar-refractivity contribution in [3.63, 3.8) is 0 Å². The highest BCUT2D eigenvalue weighted by atomic mass is 16.2. The Hall–Kier alpha value is -1.10. The minimum Gasteiger partial charge on any atom is -0.352 e. The molecule has 92 valence electrons. The van der Waals surface area contributed by atoms with Crippen LogP contribution in [0.5, 0.6) is 0 Å². The predicted molar refractivity (Wildman–Crippen MR) is 61.7 cm³/mol. The number of amides is 2. The molecule has 3 N–H and O–H groups in total. The van der Waals surface area contributed by atoms with Crippen LogP contribution in [-0.4, -0.2) is 42.4 Å². The molecule has 0 aromatic heterocycles. The van der Waals surface area contributed by atoms with Crippen LogP contribution in [0.3, 0.4) is 0 Å². The number of carbonyl (C=O) groups is 2. The molecule has 0 spiro atoms. The summed E-state index contributed by atoms with van der Waals surface area (Å²) in [7, 11) is 1.62. The van der Waals surface area contributed by atoms with E-state index in [9.17, 15) is 9.59 Å². The van der Waals surface area contributed by atoms with Crippen molar-refractivity contribution >= 4 is 11.8 Å². The summed E-state index contributed by atoms with van der Waals surface area (Å²) in [6, 6.07) is -0.149. The van der Waals surface area contributed by atoms with Crippen molar-refractivity contribution in [1.29, 1.82) is 0 Å². The van der Waals surface area contributed by atoms with E-state index in [1.165, 1.54) is 4.90 Å². The summed E-state index contributed by atoms with van der Waals surface area (Å²) < 4.78 is 0. The molecular weight excluding hydrogens is 206 g/mol. The minimum absolute atomic E-state index is 0.0953. The second kappa shape index (κ2) is 5.84. The van der Waals surface area contributed by atoms with Crippen molar-refractivity contribution in [3.8, 4) is 0 Å². The molecule has 0 aromatic carbocycles.